The molecular formula is C16H16BrClN2O. The van der Waals surface area contributed by atoms with Crippen LogP contribution in [-0.4, -0.2) is 12.5 Å². The van der Waals surface area contributed by atoms with Crippen molar-refractivity contribution in [2.45, 2.75) is 13.8 Å². The first-order valence-corrected chi connectivity index (χ1v) is 7.69. The summed E-state index contributed by atoms with van der Waals surface area (Å²) in [7, 11) is 0. The van der Waals surface area contributed by atoms with E-state index in [9.17, 15) is 4.79 Å². The molecule has 3 nitrogen and oxygen atoms in total. The highest BCUT2D eigenvalue weighted by Gasteiger charge is 2.07. The number of nitrogens with one attached hydrogen (secondary N) is 2. The molecule has 2 aromatic rings. The van der Waals surface area contributed by atoms with Crippen molar-refractivity contribution in [1.29, 1.82) is 0 Å². The summed E-state index contributed by atoms with van der Waals surface area (Å²) >= 11 is 9.50. The van der Waals surface area contributed by atoms with Crippen molar-refractivity contribution >= 4 is 44.8 Å². The molecule has 0 aromatic heterocycles. The summed E-state index contributed by atoms with van der Waals surface area (Å²) < 4.78 is 1.01. The van der Waals surface area contributed by atoms with Crippen molar-refractivity contribution < 1.29 is 4.79 Å². The smallest absolute Gasteiger partial charge is 0.243 e. The zero-order chi connectivity index (χ0) is 15.4. The second-order valence-corrected chi connectivity index (χ2v) is 6.04. The van der Waals surface area contributed by atoms with Gasteiger partial charge in [0.05, 0.1) is 6.54 Å². The van der Waals surface area contributed by atoms with Crippen LogP contribution in [0.1, 0.15) is 11.1 Å². The molecule has 5 heteroatoms. The van der Waals surface area contributed by atoms with Gasteiger partial charge in [0.2, 0.25) is 5.91 Å². The zero-order valence-electron chi connectivity index (χ0n) is 11.8. The highest BCUT2D eigenvalue weighted by Crippen LogP contribution is 2.23. The molecular weight excluding hydrogens is 352 g/mol. The Balaban J connectivity index is 1.96. The standard InChI is InChI=1S/C16H16BrClN2O/c1-10-6-7-12(8-13(10)17)19-9-16(21)20-15-5-3-4-14(18)11(15)2/h3-8,19H,9H2,1-2H3,(H,20,21). The first-order chi connectivity index (χ1) is 9.97. The van der Waals surface area contributed by atoms with Gasteiger partial charge in [0.15, 0.2) is 0 Å². The summed E-state index contributed by atoms with van der Waals surface area (Å²) in [6.45, 7) is 4.09. The van der Waals surface area contributed by atoms with E-state index in [1.165, 1.54) is 0 Å². The lowest BCUT2D eigenvalue weighted by atomic mass is 10.2. The fourth-order valence-electron chi connectivity index (χ4n) is 1.82. The number of amides is 1. The van der Waals surface area contributed by atoms with Crippen LogP contribution in [0.25, 0.3) is 0 Å². The summed E-state index contributed by atoms with van der Waals surface area (Å²) in [4.78, 5) is 12.0. The minimum absolute atomic E-state index is 0.114. The van der Waals surface area contributed by atoms with Crippen LogP contribution in [0.15, 0.2) is 40.9 Å². The largest absolute Gasteiger partial charge is 0.376 e. The zero-order valence-corrected chi connectivity index (χ0v) is 14.2. The highest BCUT2D eigenvalue weighted by molar-refractivity contribution is 9.10. The van der Waals surface area contributed by atoms with Crippen LogP contribution in [0.2, 0.25) is 5.02 Å². The Labute approximate surface area is 137 Å². The van der Waals surface area contributed by atoms with Gasteiger partial charge in [0, 0.05) is 20.9 Å². The number of carbonyl (C=O) groups excluding carboxylic acids is 1. The third-order valence-electron chi connectivity index (χ3n) is 3.17. The average Bonchev–Trinajstić information content (AvgIpc) is 2.45. The van der Waals surface area contributed by atoms with Gasteiger partial charge in [-0.3, -0.25) is 4.79 Å². The number of benzene rings is 2. The van der Waals surface area contributed by atoms with Gasteiger partial charge < -0.3 is 10.6 Å². The summed E-state index contributed by atoms with van der Waals surface area (Å²) in [6.07, 6.45) is 0. The fraction of sp³-hybridized carbons (Fsp3) is 0.188. The summed E-state index contributed by atoms with van der Waals surface area (Å²) in [5.74, 6) is -0.114. The molecule has 110 valence electrons. The van der Waals surface area contributed by atoms with Crippen molar-refractivity contribution in [3.8, 4) is 0 Å². The maximum Gasteiger partial charge on any atom is 0.243 e. The van der Waals surface area contributed by atoms with Crippen LogP contribution in [-0.2, 0) is 4.79 Å². The van der Waals surface area contributed by atoms with E-state index in [4.69, 9.17) is 11.6 Å². The van der Waals surface area contributed by atoms with Gasteiger partial charge in [0.1, 0.15) is 0 Å². The Bertz CT molecular complexity index is 673. The molecule has 0 unspecified atom stereocenters. The number of carbonyl (C=O) groups is 1. The molecule has 2 N–H and O–H groups in total. The molecule has 1 amide bonds. The number of halogens is 2. The summed E-state index contributed by atoms with van der Waals surface area (Å²) in [6, 6.07) is 11.3. The molecule has 0 atom stereocenters. The third kappa shape index (κ3) is 4.22. The maximum absolute atomic E-state index is 12.0. The lowest BCUT2D eigenvalue weighted by molar-refractivity contribution is -0.114. The van der Waals surface area contributed by atoms with Gasteiger partial charge >= 0.3 is 0 Å². The van der Waals surface area contributed by atoms with Crippen LogP contribution < -0.4 is 10.6 Å². The van der Waals surface area contributed by atoms with Crippen molar-refractivity contribution in [2.75, 3.05) is 17.2 Å². The second-order valence-electron chi connectivity index (χ2n) is 4.78. The van der Waals surface area contributed by atoms with E-state index in [0.717, 1.165) is 27.0 Å². The van der Waals surface area contributed by atoms with Crippen molar-refractivity contribution in [2.24, 2.45) is 0 Å². The Morgan fingerprint density at radius 2 is 2.00 bits per heavy atom. The monoisotopic (exact) mass is 366 g/mol. The minimum atomic E-state index is -0.114. The number of anilines is 2. The quantitative estimate of drug-likeness (QED) is 0.817. The molecule has 0 saturated carbocycles. The number of hydrogen-bond acceptors (Lipinski definition) is 2. The van der Waals surface area contributed by atoms with Gasteiger partial charge in [-0.25, -0.2) is 0 Å². The predicted molar refractivity (Wildman–Crippen MR) is 92.2 cm³/mol. The van der Waals surface area contributed by atoms with Gasteiger partial charge in [-0.2, -0.15) is 0 Å². The van der Waals surface area contributed by atoms with Crippen LogP contribution in [0.5, 0.6) is 0 Å². The van der Waals surface area contributed by atoms with Gasteiger partial charge in [-0.1, -0.05) is 39.7 Å². The molecule has 0 bridgehead atoms. The van der Waals surface area contributed by atoms with E-state index in [0.29, 0.717) is 5.02 Å². The molecule has 0 aliphatic heterocycles. The molecule has 0 radical (unpaired) electrons. The SMILES string of the molecule is Cc1ccc(NCC(=O)Nc2cccc(Cl)c2C)cc1Br. The molecule has 2 rings (SSSR count). The highest BCUT2D eigenvalue weighted by atomic mass is 79.9. The van der Waals surface area contributed by atoms with Crippen LogP contribution in [0.4, 0.5) is 11.4 Å². The molecule has 0 aliphatic carbocycles. The second kappa shape index (κ2) is 6.96. The Morgan fingerprint density at radius 1 is 1.24 bits per heavy atom. The first-order valence-electron chi connectivity index (χ1n) is 6.52. The van der Waals surface area contributed by atoms with E-state index in [2.05, 4.69) is 26.6 Å². The Hall–Kier alpha value is -1.52. The Kier molecular flexibility index (Phi) is 5.26. The summed E-state index contributed by atoms with van der Waals surface area (Å²) in [5, 5.41) is 6.58. The molecule has 0 heterocycles. The molecule has 0 saturated heterocycles. The summed E-state index contributed by atoms with van der Waals surface area (Å²) in [5.41, 5.74) is 3.65. The maximum atomic E-state index is 12.0. The minimum Gasteiger partial charge on any atom is -0.376 e. The topological polar surface area (TPSA) is 41.1 Å². The molecule has 0 aliphatic rings. The molecule has 0 spiro atoms. The van der Waals surface area contributed by atoms with Crippen LogP contribution >= 0.6 is 27.5 Å². The first kappa shape index (κ1) is 15.9. The third-order valence-corrected chi connectivity index (χ3v) is 4.43. The van der Waals surface area contributed by atoms with E-state index >= 15 is 0 Å². The van der Waals surface area contributed by atoms with Crippen molar-refractivity contribution in [3.63, 3.8) is 0 Å². The van der Waals surface area contributed by atoms with Gasteiger partial charge in [-0.15, -0.1) is 0 Å². The lowest BCUT2D eigenvalue weighted by Crippen LogP contribution is -2.22. The van der Waals surface area contributed by atoms with Gasteiger partial charge in [-0.05, 0) is 49.2 Å². The van der Waals surface area contributed by atoms with E-state index < -0.39 is 0 Å². The number of hydrogen-bond donors (Lipinski definition) is 2. The van der Waals surface area contributed by atoms with E-state index in [-0.39, 0.29) is 12.5 Å². The average molecular weight is 368 g/mol. The van der Waals surface area contributed by atoms with Crippen molar-refractivity contribution in [1.82, 2.24) is 0 Å². The molecule has 21 heavy (non-hydrogen) atoms. The van der Waals surface area contributed by atoms with Crippen molar-refractivity contribution in [3.05, 3.63) is 57.0 Å². The Morgan fingerprint density at radius 3 is 2.71 bits per heavy atom. The van der Waals surface area contributed by atoms with E-state index in [1.807, 2.05) is 44.2 Å². The predicted octanol–water partition coefficient (Wildman–Crippen LogP) is 4.77. The molecule has 0 fully saturated rings. The van der Waals surface area contributed by atoms with Crippen LogP contribution in [0.3, 0.4) is 0 Å². The van der Waals surface area contributed by atoms with Gasteiger partial charge in [0.25, 0.3) is 0 Å². The lowest BCUT2D eigenvalue weighted by Gasteiger charge is -2.11. The number of rotatable bonds is 4. The number of aryl methyl sites for hydroxylation is 1. The van der Waals surface area contributed by atoms with E-state index in [1.54, 1.807) is 6.07 Å². The normalized spacial score (nSPS) is 10.3. The fourth-order valence-corrected chi connectivity index (χ4v) is 2.38. The van der Waals surface area contributed by atoms with Crippen LogP contribution in [0, 0.1) is 13.8 Å². The molecule has 2 aromatic carbocycles.